The Labute approximate surface area is 324 Å². The molecule has 56 heavy (non-hydrogen) atoms. The number of hydrogen-bond donors (Lipinski definition) is 0. The minimum atomic E-state index is 0.626. The Bertz CT molecular complexity index is 3130. The first-order valence-corrected chi connectivity index (χ1v) is 19.0. The van der Waals surface area contributed by atoms with E-state index in [4.69, 9.17) is 9.97 Å². The van der Waals surface area contributed by atoms with Crippen LogP contribution in [0, 0.1) is 0 Å². The molecule has 11 rings (SSSR count). The van der Waals surface area contributed by atoms with Gasteiger partial charge in [-0.05, 0) is 70.8 Å². The fraction of sp³-hybridized carbons (Fsp3) is 0. The summed E-state index contributed by atoms with van der Waals surface area (Å²) in [6.45, 7) is 0. The molecule has 0 unspecified atom stereocenters. The van der Waals surface area contributed by atoms with E-state index in [1.165, 1.54) is 38.3 Å². The van der Waals surface area contributed by atoms with Crippen LogP contribution in [-0.4, -0.2) is 19.1 Å². The van der Waals surface area contributed by atoms with Crippen molar-refractivity contribution in [3.05, 3.63) is 206 Å². The summed E-state index contributed by atoms with van der Waals surface area (Å²) in [4.78, 5) is 10.9. The van der Waals surface area contributed by atoms with Crippen LogP contribution in [0.25, 0.3) is 100 Å². The number of rotatable bonds is 6. The van der Waals surface area contributed by atoms with Crippen LogP contribution in [0.5, 0.6) is 0 Å². The minimum absolute atomic E-state index is 0.626. The van der Waals surface area contributed by atoms with Crippen LogP contribution >= 0.6 is 0 Å². The fourth-order valence-corrected chi connectivity index (χ4v) is 8.38. The average Bonchev–Trinajstić information content (AvgIpc) is 3.80. The monoisotopic (exact) mass is 714 g/mol. The van der Waals surface area contributed by atoms with Gasteiger partial charge in [0.1, 0.15) is 0 Å². The molecule has 11 aromatic rings. The van der Waals surface area contributed by atoms with Gasteiger partial charge in [-0.15, -0.1) is 0 Å². The molecule has 0 aliphatic carbocycles. The van der Waals surface area contributed by atoms with Crippen LogP contribution in [0.15, 0.2) is 206 Å². The van der Waals surface area contributed by atoms with Crippen LogP contribution < -0.4 is 0 Å². The van der Waals surface area contributed by atoms with Crippen LogP contribution in [0.4, 0.5) is 0 Å². The molecular formula is C52H34N4. The van der Waals surface area contributed by atoms with E-state index in [0.717, 1.165) is 55.7 Å². The molecule has 0 aliphatic rings. The molecule has 0 saturated carbocycles. The lowest BCUT2D eigenvalue weighted by Crippen LogP contribution is -2.04. The van der Waals surface area contributed by atoms with Gasteiger partial charge in [0.15, 0.2) is 0 Å². The molecule has 0 spiro atoms. The zero-order chi connectivity index (χ0) is 37.0. The van der Waals surface area contributed by atoms with Crippen molar-refractivity contribution >= 4 is 43.6 Å². The summed E-state index contributed by atoms with van der Waals surface area (Å²) >= 11 is 0. The molecule has 4 nitrogen and oxygen atoms in total. The SMILES string of the molecule is c1ccc(-c2cccc(-c3cc(-c4cccc(-c5ccccc5)c4)nc(-n4c5ccccc5c5c4ccc4c6ccccc6n(-c6ccccc6)c45)n3)c2)cc1. The summed E-state index contributed by atoms with van der Waals surface area (Å²) < 4.78 is 4.67. The van der Waals surface area contributed by atoms with Gasteiger partial charge < -0.3 is 4.57 Å². The predicted molar refractivity (Wildman–Crippen MR) is 232 cm³/mol. The van der Waals surface area contributed by atoms with Crippen molar-refractivity contribution in [3.8, 4) is 56.4 Å². The molecule has 3 heterocycles. The maximum Gasteiger partial charge on any atom is 0.235 e. The van der Waals surface area contributed by atoms with E-state index in [2.05, 4.69) is 215 Å². The van der Waals surface area contributed by atoms with Crippen LogP contribution in [-0.2, 0) is 0 Å². The normalized spacial score (nSPS) is 11.6. The lowest BCUT2D eigenvalue weighted by atomic mass is 9.99. The summed E-state index contributed by atoms with van der Waals surface area (Å²) in [5.74, 6) is 0.626. The van der Waals surface area contributed by atoms with Crippen molar-refractivity contribution in [2.24, 2.45) is 0 Å². The zero-order valence-corrected chi connectivity index (χ0v) is 30.4. The second kappa shape index (κ2) is 13.1. The Morgan fingerprint density at radius 3 is 1.39 bits per heavy atom. The van der Waals surface area contributed by atoms with E-state index in [0.29, 0.717) is 5.95 Å². The fourth-order valence-electron chi connectivity index (χ4n) is 8.38. The van der Waals surface area contributed by atoms with Crippen molar-refractivity contribution in [2.45, 2.75) is 0 Å². The Morgan fingerprint density at radius 2 is 0.786 bits per heavy atom. The quantitative estimate of drug-likeness (QED) is 0.172. The number of aromatic nitrogens is 4. The lowest BCUT2D eigenvalue weighted by molar-refractivity contribution is 0.996. The molecule has 0 N–H and O–H groups in total. The van der Waals surface area contributed by atoms with E-state index in [9.17, 15) is 0 Å². The molecule has 0 amide bonds. The van der Waals surface area contributed by atoms with Crippen molar-refractivity contribution in [3.63, 3.8) is 0 Å². The average molecular weight is 715 g/mol. The highest BCUT2D eigenvalue weighted by Crippen LogP contribution is 2.42. The molecule has 0 fully saturated rings. The van der Waals surface area contributed by atoms with Crippen LogP contribution in [0.2, 0.25) is 0 Å². The van der Waals surface area contributed by atoms with Gasteiger partial charge >= 0.3 is 0 Å². The highest BCUT2D eigenvalue weighted by Gasteiger charge is 2.22. The molecule has 0 bridgehead atoms. The molecule has 4 heteroatoms. The van der Waals surface area contributed by atoms with E-state index < -0.39 is 0 Å². The summed E-state index contributed by atoms with van der Waals surface area (Å²) in [7, 11) is 0. The first kappa shape index (κ1) is 31.9. The number of hydrogen-bond acceptors (Lipinski definition) is 2. The largest absolute Gasteiger partial charge is 0.309 e. The Hall–Kier alpha value is -7.56. The van der Waals surface area contributed by atoms with Gasteiger partial charge in [0, 0.05) is 38.4 Å². The third-order valence-electron chi connectivity index (χ3n) is 10.9. The van der Waals surface area contributed by atoms with Crippen molar-refractivity contribution in [2.75, 3.05) is 0 Å². The van der Waals surface area contributed by atoms with E-state index in [-0.39, 0.29) is 0 Å². The summed E-state index contributed by atoms with van der Waals surface area (Å²) in [5.41, 5.74) is 14.0. The number of benzene rings is 8. The first-order chi connectivity index (χ1) is 27.8. The maximum absolute atomic E-state index is 5.44. The maximum atomic E-state index is 5.44. The van der Waals surface area contributed by atoms with E-state index >= 15 is 0 Å². The van der Waals surface area contributed by atoms with Gasteiger partial charge in [0.25, 0.3) is 0 Å². The van der Waals surface area contributed by atoms with Gasteiger partial charge in [0.05, 0.1) is 33.5 Å². The molecular weight excluding hydrogens is 681 g/mol. The highest BCUT2D eigenvalue weighted by atomic mass is 15.2. The summed E-state index contributed by atoms with van der Waals surface area (Å²) in [6.07, 6.45) is 0. The summed E-state index contributed by atoms with van der Waals surface area (Å²) in [6, 6.07) is 73.1. The summed E-state index contributed by atoms with van der Waals surface area (Å²) in [5, 5.41) is 4.76. The molecule has 0 saturated heterocycles. The van der Waals surface area contributed by atoms with Gasteiger partial charge in [-0.2, -0.15) is 0 Å². The van der Waals surface area contributed by atoms with Gasteiger partial charge in [0.2, 0.25) is 5.95 Å². The number of para-hydroxylation sites is 3. The molecule has 0 atom stereocenters. The van der Waals surface area contributed by atoms with Crippen LogP contribution in [0.1, 0.15) is 0 Å². The second-order valence-corrected chi connectivity index (χ2v) is 14.2. The molecule has 3 aromatic heterocycles. The van der Waals surface area contributed by atoms with Gasteiger partial charge in [-0.25, -0.2) is 9.97 Å². The Kier molecular flexibility index (Phi) is 7.46. The zero-order valence-electron chi connectivity index (χ0n) is 30.4. The highest BCUT2D eigenvalue weighted by molar-refractivity contribution is 6.26. The molecule has 0 radical (unpaired) electrons. The van der Waals surface area contributed by atoms with Crippen molar-refractivity contribution < 1.29 is 0 Å². The topological polar surface area (TPSA) is 35.6 Å². The third kappa shape index (κ3) is 5.23. The predicted octanol–water partition coefficient (Wildman–Crippen LogP) is 13.3. The molecule has 8 aromatic carbocycles. The minimum Gasteiger partial charge on any atom is -0.309 e. The van der Waals surface area contributed by atoms with Crippen molar-refractivity contribution in [1.29, 1.82) is 0 Å². The molecule has 0 aliphatic heterocycles. The lowest BCUT2D eigenvalue weighted by Gasteiger charge is -2.13. The first-order valence-electron chi connectivity index (χ1n) is 19.0. The Balaban J connectivity index is 1.21. The Morgan fingerprint density at radius 1 is 0.304 bits per heavy atom. The smallest absolute Gasteiger partial charge is 0.235 e. The van der Waals surface area contributed by atoms with Crippen LogP contribution in [0.3, 0.4) is 0 Å². The molecule has 262 valence electrons. The third-order valence-corrected chi connectivity index (χ3v) is 10.9. The number of fused-ring (bicyclic) bond motifs is 7. The van der Waals surface area contributed by atoms with E-state index in [1.54, 1.807) is 0 Å². The number of nitrogens with zero attached hydrogens (tertiary/aromatic N) is 4. The second-order valence-electron chi connectivity index (χ2n) is 14.2. The van der Waals surface area contributed by atoms with Gasteiger partial charge in [-0.1, -0.05) is 158 Å². The van der Waals surface area contributed by atoms with E-state index in [1.807, 2.05) is 0 Å². The van der Waals surface area contributed by atoms with Gasteiger partial charge in [-0.3, -0.25) is 4.57 Å². The standard InChI is InChI=1S/C52H34N4/c1-4-16-35(17-5-1)37-20-14-22-39(32-37)45-34-46(40-23-15-21-38(33-40)36-18-6-2-7-19-36)54-52(53-45)56-48-29-13-11-27-44(48)50-49(56)31-30-43-42-26-10-12-28-47(42)55(51(43)50)41-24-8-3-9-25-41/h1-34H. The van der Waals surface area contributed by atoms with Crippen molar-refractivity contribution in [1.82, 2.24) is 19.1 Å².